The van der Waals surface area contributed by atoms with Crippen molar-refractivity contribution in [1.82, 2.24) is 0 Å². The van der Waals surface area contributed by atoms with Crippen LogP contribution in [0.15, 0.2) is 46.9 Å². The van der Waals surface area contributed by atoms with Gasteiger partial charge in [-0.25, -0.2) is 0 Å². The second kappa shape index (κ2) is 6.22. The number of hydrogen-bond acceptors (Lipinski definition) is 2. The minimum absolute atomic E-state index is 0.00634. The third kappa shape index (κ3) is 3.58. The third-order valence-corrected chi connectivity index (χ3v) is 3.69. The smallest absolute Gasteiger partial charge is 0.128 e. The van der Waals surface area contributed by atoms with Crippen LogP contribution in [0, 0.1) is 0 Å². The van der Waals surface area contributed by atoms with E-state index >= 15 is 0 Å². The minimum atomic E-state index is 0.00634. The molecule has 0 aromatic heterocycles. The highest BCUT2D eigenvalue weighted by Gasteiger charge is 2.07. The molecule has 0 heterocycles. The fourth-order valence-electron chi connectivity index (χ4n) is 1.91. The van der Waals surface area contributed by atoms with Crippen molar-refractivity contribution >= 4 is 15.9 Å². The predicted molar refractivity (Wildman–Crippen MR) is 82.6 cm³/mol. The topological polar surface area (TPSA) is 35.2 Å². The first-order valence-corrected chi connectivity index (χ1v) is 7.21. The molecule has 0 bridgehead atoms. The van der Waals surface area contributed by atoms with Crippen LogP contribution in [-0.2, 0) is 6.42 Å². The van der Waals surface area contributed by atoms with Crippen LogP contribution in [-0.4, -0.2) is 0 Å². The molecule has 0 fully saturated rings. The van der Waals surface area contributed by atoms with Gasteiger partial charge in [0, 0.05) is 10.5 Å². The van der Waals surface area contributed by atoms with E-state index in [-0.39, 0.29) is 6.04 Å². The zero-order valence-electron chi connectivity index (χ0n) is 11.2. The van der Waals surface area contributed by atoms with Crippen LogP contribution in [0.3, 0.4) is 0 Å². The minimum Gasteiger partial charge on any atom is -0.457 e. The van der Waals surface area contributed by atoms with Crippen molar-refractivity contribution in [2.75, 3.05) is 0 Å². The van der Waals surface area contributed by atoms with E-state index in [4.69, 9.17) is 10.5 Å². The lowest BCUT2D eigenvalue weighted by atomic mass is 10.1. The zero-order valence-corrected chi connectivity index (χ0v) is 12.8. The molecule has 0 saturated carbocycles. The Hall–Kier alpha value is -1.32. The van der Waals surface area contributed by atoms with E-state index in [0.717, 1.165) is 28.0 Å². The molecule has 2 rings (SSSR count). The summed E-state index contributed by atoms with van der Waals surface area (Å²) in [6.07, 6.45) is 1.00. The highest BCUT2D eigenvalue weighted by atomic mass is 79.9. The van der Waals surface area contributed by atoms with Crippen molar-refractivity contribution in [2.24, 2.45) is 5.73 Å². The summed E-state index contributed by atoms with van der Waals surface area (Å²) >= 11 is 3.53. The van der Waals surface area contributed by atoms with Gasteiger partial charge in [0.05, 0.1) is 0 Å². The predicted octanol–water partition coefficient (Wildman–Crippen LogP) is 4.82. The van der Waals surface area contributed by atoms with Crippen LogP contribution in [0.5, 0.6) is 11.5 Å². The number of rotatable bonds is 4. The zero-order chi connectivity index (χ0) is 13.8. The molecular formula is C16H18BrNO. The van der Waals surface area contributed by atoms with E-state index < -0.39 is 0 Å². The molecule has 0 unspecified atom stereocenters. The summed E-state index contributed by atoms with van der Waals surface area (Å²) in [5, 5.41) is 0. The normalized spacial score (nSPS) is 12.2. The monoisotopic (exact) mass is 319 g/mol. The van der Waals surface area contributed by atoms with Gasteiger partial charge in [0.25, 0.3) is 0 Å². The first kappa shape index (κ1) is 14.1. The SMILES string of the molecule is CCc1cccc(Oc2ccc([C@H](C)N)c(Br)c2)c1. The molecule has 0 spiro atoms. The van der Waals surface area contributed by atoms with Gasteiger partial charge in [0.15, 0.2) is 0 Å². The van der Waals surface area contributed by atoms with Crippen molar-refractivity contribution in [3.05, 3.63) is 58.1 Å². The lowest BCUT2D eigenvalue weighted by molar-refractivity contribution is 0.481. The summed E-state index contributed by atoms with van der Waals surface area (Å²) in [5.41, 5.74) is 8.23. The highest BCUT2D eigenvalue weighted by Crippen LogP contribution is 2.29. The van der Waals surface area contributed by atoms with Gasteiger partial charge in [-0.1, -0.05) is 41.1 Å². The molecule has 1 atom stereocenters. The summed E-state index contributed by atoms with van der Waals surface area (Å²) in [5.74, 6) is 1.67. The van der Waals surface area contributed by atoms with Crippen molar-refractivity contribution in [2.45, 2.75) is 26.3 Å². The van der Waals surface area contributed by atoms with Gasteiger partial charge in [0.2, 0.25) is 0 Å². The lowest BCUT2D eigenvalue weighted by Crippen LogP contribution is -2.05. The molecule has 0 aliphatic heterocycles. The highest BCUT2D eigenvalue weighted by molar-refractivity contribution is 9.10. The molecule has 19 heavy (non-hydrogen) atoms. The molecule has 3 heteroatoms. The average molecular weight is 320 g/mol. The summed E-state index contributed by atoms with van der Waals surface area (Å²) < 4.78 is 6.84. The van der Waals surface area contributed by atoms with E-state index in [0.29, 0.717) is 0 Å². The Morgan fingerprint density at radius 1 is 1.16 bits per heavy atom. The summed E-state index contributed by atoms with van der Waals surface area (Å²) in [7, 11) is 0. The summed E-state index contributed by atoms with van der Waals surface area (Å²) in [6.45, 7) is 4.10. The molecule has 100 valence electrons. The standard InChI is InChI=1S/C16H18BrNO/c1-3-12-5-4-6-13(9-12)19-14-7-8-15(11(2)18)16(17)10-14/h4-11H,3,18H2,1-2H3/t11-/m0/s1. The maximum absolute atomic E-state index is 5.88. The van der Waals surface area contributed by atoms with Crippen molar-refractivity contribution in [3.63, 3.8) is 0 Å². The molecular weight excluding hydrogens is 302 g/mol. The van der Waals surface area contributed by atoms with Crippen molar-refractivity contribution in [1.29, 1.82) is 0 Å². The maximum atomic E-state index is 5.88. The van der Waals surface area contributed by atoms with E-state index in [1.807, 2.05) is 37.3 Å². The number of ether oxygens (including phenoxy) is 1. The Morgan fingerprint density at radius 3 is 2.53 bits per heavy atom. The largest absolute Gasteiger partial charge is 0.457 e. The van der Waals surface area contributed by atoms with Gasteiger partial charge in [0.1, 0.15) is 11.5 Å². The molecule has 2 nitrogen and oxygen atoms in total. The molecule has 0 aliphatic rings. The van der Waals surface area contributed by atoms with Crippen molar-refractivity contribution in [3.8, 4) is 11.5 Å². The third-order valence-electron chi connectivity index (χ3n) is 3.00. The van der Waals surface area contributed by atoms with E-state index in [9.17, 15) is 0 Å². The van der Waals surface area contributed by atoms with E-state index in [1.54, 1.807) is 0 Å². The second-order valence-corrected chi connectivity index (χ2v) is 5.43. The lowest BCUT2D eigenvalue weighted by Gasteiger charge is -2.11. The fourth-order valence-corrected chi connectivity index (χ4v) is 2.62. The van der Waals surface area contributed by atoms with Crippen LogP contribution < -0.4 is 10.5 Å². The number of halogens is 1. The van der Waals surface area contributed by atoms with Gasteiger partial charge in [-0.05, 0) is 48.7 Å². The van der Waals surface area contributed by atoms with Gasteiger partial charge >= 0.3 is 0 Å². The Bertz CT molecular complexity index is 566. The molecule has 2 aromatic rings. The van der Waals surface area contributed by atoms with Gasteiger partial charge in [-0.2, -0.15) is 0 Å². The molecule has 0 saturated heterocycles. The Morgan fingerprint density at radius 2 is 1.89 bits per heavy atom. The van der Waals surface area contributed by atoms with Gasteiger partial charge in [-0.3, -0.25) is 0 Å². The maximum Gasteiger partial charge on any atom is 0.128 e. The Kier molecular flexibility index (Phi) is 4.61. The first-order valence-electron chi connectivity index (χ1n) is 6.42. The summed E-state index contributed by atoms with van der Waals surface area (Å²) in [6, 6.07) is 14.0. The van der Waals surface area contributed by atoms with Crippen LogP contribution in [0.2, 0.25) is 0 Å². The van der Waals surface area contributed by atoms with Crippen LogP contribution in [0.4, 0.5) is 0 Å². The molecule has 2 N–H and O–H groups in total. The Balaban J connectivity index is 2.21. The van der Waals surface area contributed by atoms with E-state index in [1.165, 1.54) is 5.56 Å². The number of nitrogens with two attached hydrogens (primary N) is 1. The molecule has 0 radical (unpaired) electrons. The Labute approximate surface area is 122 Å². The fraction of sp³-hybridized carbons (Fsp3) is 0.250. The number of benzene rings is 2. The second-order valence-electron chi connectivity index (χ2n) is 4.58. The number of aryl methyl sites for hydroxylation is 1. The summed E-state index contributed by atoms with van der Waals surface area (Å²) in [4.78, 5) is 0. The quantitative estimate of drug-likeness (QED) is 0.876. The van der Waals surface area contributed by atoms with Crippen molar-refractivity contribution < 1.29 is 4.74 Å². The molecule has 0 amide bonds. The molecule has 2 aromatic carbocycles. The van der Waals surface area contributed by atoms with Crippen LogP contribution in [0.1, 0.15) is 31.0 Å². The van der Waals surface area contributed by atoms with Crippen LogP contribution in [0.25, 0.3) is 0 Å². The van der Waals surface area contributed by atoms with E-state index in [2.05, 4.69) is 35.0 Å². The first-order chi connectivity index (χ1) is 9.10. The average Bonchev–Trinajstić information content (AvgIpc) is 2.38. The van der Waals surface area contributed by atoms with Crippen LogP contribution >= 0.6 is 15.9 Å². The molecule has 0 aliphatic carbocycles. The van der Waals surface area contributed by atoms with Gasteiger partial charge in [-0.15, -0.1) is 0 Å². The number of hydrogen-bond donors (Lipinski definition) is 1. The van der Waals surface area contributed by atoms with Gasteiger partial charge < -0.3 is 10.5 Å².